The number of rotatable bonds is 7. The zero-order chi connectivity index (χ0) is 15.2. The van der Waals surface area contributed by atoms with Crippen LogP contribution in [0.25, 0.3) is 0 Å². The van der Waals surface area contributed by atoms with Crippen molar-refractivity contribution in [2.75, 3.05) is 26.6 Å². The van der Waals surface area contributed by atoms with Gasteiger partial charge in [-0.3, -0.25) is 0 Å². The number of benzene rings is 1. The van der Waals surface area contributed by atoms with Gasteiger partial charge in [0.15, 0.2) is 0 Å². The van der Waals surface area contributed by atoms with E-state index < -0.39 is 11.8 Å². The first-order valence-corrected chi connectivity index (χ1v) is 7.75. The third kappa shape index (κ3) is 3.37. The Labute approximate surface area is 122 Å². The maximum Gasteiger partial charge on any atom is 0.316 e. The molecule has 0 heterocycles. The van der Waals surface area contributed by atoms with E-state index in [0.717, 1.165) is 21.9 Å². The van der Waals surface area contributed by atoms with Gasteiger partial charge in [0.2, 0.25) is 5.79 Å². The summed E-state index contributed by atoms with van der Waals surface area (Å²) in [4.78, 5) is 10.8. The Kier molecular flexibility index (Phi) is 6.15. The fraction of sp³-hybridized carbons (Fsp3) is 0.462. The van der Waals surface area contributed by atoms with Gasteiger partial charge in [-0.05, 0) is 18.2 Å². The number of nitrogens with two attached hydrogens (primary N) is 1. The van der Waals surface area contributed by atoms with Gasteiger partial charge in [0.1, 0.15) is 6.10 Å². The summed E-state index contributed by atoms with van der Waals surface area (Å²) in [5.41, 5.74) is 6.51. The molecule has 0 aliphatic rings. The number of carbonyl (C=O) groups excluding carboxylic acids is 1. The molecule has 3 N–H and O–H groups in total. The van der Waals surface area contributed by atoms with Gasteiger partial charge in [-0.2, -0.15) is 0 Å². The molecule has 112 valence electrons. The monoisotopic (exact) mass is 298 g/mol. The number of urea groups is 1. The van der Waals surface area contributed by atoms with Crippen LogP contribution in [-0.4, -0.2) is 43.7 Å². The van der Waals surface area contributed by atoms with Gasteiger partial charge in [0.25, 0.3) is 0 Å². The number of methoxy groups -OCH3 is 3. The summed E-state index contributed by atoms with van der Waals surface area (Å²) in [5, 5.41) is 2.51. The van der Waals surface area contributed by atoms with Gasteiger partial charge in [0.05, 0.1) is 0 Å². The van der Waals surface area contributed by atoms with Crippen LogP contribution in [0.5, 0.6) is 0 Å². The number of ether oxygens (including phenoxy) is 3. The molecule has 0 saturated heterocycles. The first-order valence-electron chi connectivity index (χ1n) is 6.34. The van der Waals surface area contributed by atoms with E-state index >= 15 is 0 Å². The number of carbonyl (C=O) groups is 1. The Hall–Kier alpha value is -1.41. The van der Waals surface area contributed by atoms with Crippen molar-refractivity contribution >= 4 is 22.0 Å². The zero-order valence-electron chi connectivity index (χ0n) is 12.3. The van der Waals surface area contributed by atoms with E-state index in [4.69, 9.17) is 19.9 Å². The molecule has 0 bridgehead atoms. The van der Waals surface area contributed by atoms with E-state index in [1.165, 1.54) is 0 Å². The Bertz CT molecular complexity index is 431. The molecule has 0 saturated carbocycles. The normalized spacial score (nSPS) is 13.2. The van der Waals surface area contributed by atoms with Crippen LogP contribution in [0.2, 0.25) is 6.04 Å². The average molecular weight is 298 g/mol. The van der Waals surface area contributed by atoms with Gasteiger partial charge in [-0.15, -0.1) is 0 Å². The lowest BCUT2D eigenvalue weighted by Gasteiger charge is -2.37. The fourth-order valence-electron chi connectivity index (χ4n) is 2.29. The summed E-state index contributed by atoms with van der Waals surface area (Å²) in [5.74, 6) is -0.957. The Morgan fingerprint density at radius 1 is 1.30 bits per heavy atom. The topological polar surface area (TPSA) is 82.8 Å². The number of amides is 2. The highest BCUT2D eigenvalue weighted by atomic mass is 28.1. The summed E-state index contributed by atoms with van der Waals surface area (Å²) in [6, 6.07) is 7.39. The fourth-order valence-corrected chi connectivity index (χ4v) is 3.16. The Morgan fingerprint density at radius 2 is 1.85 bits per heavy atom. The largest absolute Gasteiger partial charge is 0.376 e. The molecule has 0 fully saturated rings. The summed E-state index contributed by atoms with van der Waals surface area (Å²) in [6.45, 7) is 0. The minimum Gasteiger partial charge on any atom is -0.376 e. The van der Waals surface area contributed by atoms with Gasteiger partial charge in [-0.1, -0.05) is 12.1 Å². The lowest BCUT2D eigenvalue weighted by atomic mass is 10.00. The summed E-state index contributed by atoms with van der Waals surface area (Å²) < 4.78 is 16.7. The van der Waals surface area contributed by atoms with E-state index in [1.54, 1.807) is 33.5 Å². The SMILES string of the molecule is COC(C[SiH3])C(OC)(OC)c1ccc(NC(N)=O)cc1. The second-order valence-electron chi connectivity index (χ2n) is 4.27. The molecule has 0 aromatic heterocycles. The molecule has 1 unspecified atom stereocenters. The van der Waals surface area contributed by atoms with Crippen molar-refractivity contribution in [2.45, 2.75) is 17.9 Å². The Morgan fingerprint density at radius 3 is 2.20 bits per heavy atom. The van der Waals surface area contributed by atoms with Crippen LogP contribution in [0.4, 0.5) is 10.5 Å². The van der Waals surface area contributed by atoms with Gasteiger partial charge >= 0.3 is 6.03 Å². The molecule has 6 nitrogen and oxygen atoms in total. The van der Waals surface area contributed by atoms with Crippen molar-refractivity contribution in [2.24, 2.45) is 5.73 Å². The molecule has 0 radical (unpaired) electrons. The van der Waals surface area contributed by atoms with Crippen LogP contribution in [0, 0.1) is 0 Å². The quantitative estimate of drug-likeness (QED) is 0.564. The van der Waals surface area contributed by atoms with Crippen LogP contribution >= 0.6 is 0 Å². The van der Waals surface area contributed by atoms with Crippen LogP contribution in [0.1, 0.15) is 5.56 Å². The maximum absolute atomic E-state index is 10.8. The highest BCUT2D eigenvalue weighted by Crippen LogP contribution is 2.33. The molecule has 1 atom stereocenters. The third-order valence-corrected chi connectivity index (χ3v) is 3.98. The summed E-state index contributed by atoms with van der Waals surface area (Å²) in [7, 11) is 5.77. The summed E-state index contributed by atoms with van der Waals surface area (Å²) >= 11 is 0. The van der Waals surface area contributed by atoms with E-state index in [1.807, 2.05) is 12.1 Å². The minimum atomic E-state index is -0.957. The molecule has 1 rings (SSSR count). The van der Waals surface area contributed by atoms with E-state index in [2.05, 4.69) is 5.32 Å². The Balaban J connectivity index is 3.12. The number of anilines is 1. The van der Waals surface area contributed by atoms with Crippen LogP contribution < -0.4 is 11.1 Å². The predicted molar refractivity (Wildman–Crippen MR) is 80.9 cm³/mol. The van der Waals surface area contributed by atoms with E-state index in [9.17, 15) is 4.79 Å². The first-order chi connectivity index (χ1) is 9.53. The van der Waals surface area contributed by atoms with Crippen molar-refractivity contribution in [3.8, 4) is 0 Å². The predicted octanol–water partition coefficient (Wildman–Crippen LogP) is 0.421. The molecule has 20 heavy (non-hydrogen) atoms. The van der Waals surface area contributed by atoms with Crippen molar-refractivity contribution in [1.29, 1.82) is 0 Å². The van der Waals surface area contributed by atoms with E-state index in [-0.39, 0.29) is 6.10 Å². The highest BCUT2D eigenvalue weighted by Gasteiger charge is 2.40. The second-order valence-corrected chi connectivity index (χ2v) is 5.09. The molecule has 2 amide bonds. The van der Waals surface area contributed by atoms with Crippen LogP contribution in [-0.2, 0) is 20.0 Å². The van der Waals surface area contributed by atoms with Crippen molar-refractivity contribution < 1.29 is 19.0 Å². The smallest absolute Gasteiger partial charge is 0.316 e. The molecular weight excluding hydrogens is 276 g/mol. The zero-order valence-corrected chi connectivity index (χ0v) is 14.3. The first kappa shape index (κ1) is 16.6. The number of primary amides is 1. The van der Waals surface area contributed by atoms with E-state index in [0.29, 0.717) is 5.69 Å². The van der Waals surface area contributed by atoms with Gasteiger partial charge in [-0.25, -0.2) is 4.79 Å². The van der Waals surface area contributed by atoms with Crippen LogP contribution in [0.3, 0.4) is 0 Å². The molecular formula is C13H22N2O4Si. The molecule has 1 aromatic rings. The molecule has 0 spiro atoms. The van der Waals surface area contributed by atoms with Crippen molar-refractivity contribution in [3.05, 3.63) is 29.8 Å². The standard InChI is InChI=1S/C13H22N2O4Si/c1-17-11(8-20)13(18-2,19-3)9-4-6-10(7-5-9)15-12(14)16/h4-7,11H,8H2,1-3,20H3,(H3,14,15,16). The average Bonchev–Trinajstić information content (AvgIpc) is 2.45. The van der Waals surface area contributed by atoms with Gasteiger partial charge < -0.3 is 25.3 Å². The highest BCUT2D eigenvalue weighted by molar-refractivity contribution is 6.08. The molecule has 1 aromatic carbocycles. The third-order valence-electron chi connectivity index (χ3n) is 3.24. The van der Waals surface area contributed by atoms with Crippen molar-refractivity contribution in [3.63, 3.8) is 0 Å². The molecule has 0 aliphatic carbocycles. The maximum atomic E-state index is 10.8. The van der Waals surface area contributed by atoms with Crippen molar-refractivity contribution in [1.82, 2.24) is 0 Å². The number of hydrogen-bond acceptors (Lipinski definition) is 4. The molecule has 7 heteroatoms. The molecule has 0 aliphatic heterocycles. The number of hydrogen-bond donors (Lipinski definition) is 2. The number of nitrogens with one attached hydrogen (secondary N) is 1. The lowest BCUT2D eigenvalue weighted by molar-refractivity contribution is -0.269. The second kappa shape index (κ2) is 7.39. The lowest BCUT2D eigenvalue weighted by Crippen LogP contribution is -2.44. The minimum absolute atomic E-state index is 0.195. The van der Waals surface area contributed by atoms with Gasteiger partial charge in [0, 0.05) is 42.8 Å². The van der Waals surface area contributed by atoms with Crippen LogP contribution in [0.15, 0.2) is 24.3 Å². The summed E-state index contributed by atoms with van der Waals surface area (Å²) in [6.07, 6.45) is -0.195.